The van der Waals surface area contributed by atoms with Crippen LogP contribution < -0.4 is 5.56 Å². The molecular weight excluding hydrogens is 543 g/mol. The van der Waals surface area contributed by atoms with Gasteiger partial charge in [0, 0.05) is 10.6 Å². The largest absolute Gasteiger partial charge is 0.268 e. The molecule has 0 N–H and O–H groups in total. The molecule has 9 heteroatoms. The molecular formula is C28H26Cl2N4OS2. The monoisotopic (exact) mass is 568 g/mol. The number of aromatic nitrogens is 4. The van der Waals surface area contributed by atoms with Crippen LogP contribution in [0.3, 0.4) is 0 Å². The van der Waals surface area contributed by atoms with Gasteiger partial charge in [-0.3, -0.25) is 4.79 Å². The molecule has 0 radical (unpaired) electrons. The van der Waals surface area contributed by atoms with Crippen LogP contribution in [0.4, 0.5) is 0 Å². The van der Waals surface area contributed by atoms with Gasteiger partial charge in [-0.05, 0) is 66.0 Å². The van der Waals surface area contributed by atoms with E-state index in [1.807, 2.05) is 48.5 Å². The highest BCUT2D eigenvalue weighted by atomic mass is 35.5. The van der Waals surface area contributed by atoms with Gasteiger partial charge in [-0.1, -0.05) is 80.0 Å². The number of benzene rings is 2. The highest BCUT2D eigenvalue weighted by molar-refractivity contribution is 7.98. The van der Waals surface area contributed by atoms with Crippen LogP contribution in [0.5, 0.6) is 0 Å². The molecule has 0 fully saturated rings. The van der Waals surface area contributed by atoms with E-state index in [0.29, 0.717) is 27.5 Å². The molecule has 190 valence electrons. The number of rotatable bonds is 4. The molecule has 6 rings (SSSR count). The second-order valence-electron chi connectivity index (χ2n) is 10.6. The van der Waals surface area contributed by atoms with Crippen LogP contribution in [0.2, 0.25) is 10.0 Å². The van der Waals surface area contributed by atoms with Crippen LogP contribution in [0.1, 0.15) is 43.2 Å². The van der Waals surface area contributed by atoms with Gasteiger partial charge in [0.25, 0.3) is 5.56 Å². The number of fused-ring (bicyclic) bond motifs is 5. The Hall–Kier alpha value is -2.32. The maximum Gasteiger partial charge on any atom is 0.268 e. The average Bonchev–Trinajstić information content (AvgIpc) is 3.46. The van der Waals surface area contributed by atoms with Crippen LogP contribution in [-0.2, 0) is 18.6 Å². The molecule has 0 unspecified atom stereocenters. The van der Waals surface area contributed by atoms with E-state index in [9.17, 15) is 4.79 Å². The van der Waals surface area contributed by atoms with Crippen LogP contribution in [0, 0.1) is 11.3 Å². The second-order valence-corrected chi connectivity index (χ2v) is 13.5. The molecule has 5 aromatic rings. The number of hydrogen-bond donors (Lipinski definition) is 0. The summed E-state index contributed by atoms with van der Waals surface area (Å²) in [7, 11) is 0. The Morgan fingerprint density at radius 3 is 2.59 bits per heavy atom. The summed E-state index contributed by atoms with van der Waals surface area (Å²) in [6.07, 6.45) is 3.01. The Morgan fingerprint density at radius 1 is 1.08 bits per heavy atom. The van der Waals surface area contributed by atoms with Gasteiger partial charge in [0.1, 0.15) is 4.83 Å². The number of para-hydroxylation sites is 1. The standard InChI is InChI=1S/C28H26Cl2N4OS2/c1-28(2,3)17-10-11-19-22(14-17)37-25-23(19)24(35)33(18-7-5-4-6-8-18)26-31-32-27(34(25)26)36-15-16-9-12-20(29)21(30)13-16/h4-9,12-13,17H,10-11,14-15H2,1-3H3/t17-/m1/s1. The number of nitrogens with zero attached hydrogens (tertiary/aromatic N) is 4. The molecule has 0 aliphatic heterocycles. The molecule has 0 spiro atoms. The van der Waals surface area contributed by atoms with Crippen molar-refractivity contribution in [1.82, 2.24) is 19.2 Å². The lowest BCUT2D eigenvalue weighted by atomic mass is 9.72. The Morgan fingerprint density at radius 2 is 1.86 bits per heavy atom. The van der Waals surface area contributed by atoms with E-state index in [-0.39, 0.29) is 11.0 Å². The normalized spacial score (nSPS) is 16.0. The molecule has 0 bridgehead atoms. The molecule has 2 aromatic carbocycles. The lowest BCUT2D eigenvalue weighted by Crippen LogP contribution is -2.27. The lowest BCUT2D eigenvalue weighted by Gasteiger charge is -2.33. The van der Waals surface area contributed by atoms with Gasteiger partial charge < -0.3 is 0 Å². The van der Waals surface area contributed by atoms with Crippen LogP contribution in [0.25, 0.3) is 21.7 Å². The fraction of sp³-hybridized carbons (Fsp3) is 0.321. The minimum absolute atomic E-state index is 0.0196. The Labute approximate surface area is 233 Å². The molecule has 37 heavy (non-hydrogen) atoms. The van der Waals surface area contributed by atoms with Gasteiger partial charge in [0.05, 0.1) is 21.1 Å². The zero-order valence-electron chi connectivity index (χ0n) is 20.8. The first-order valence-electron chi connectivity index (χ1n) is 12.3. The molecule has 1 atom stereocenters. The first-order chi connectivity index (χ1) is 17.7. The highest BCUT2D eigenvalue weighted by Gasteiger charge is 2.33. The van der Waals surface area contributed by atoms with Crippen LogP contribution >= 0.6 is 46.3 Å². The third kappa shape index (κ3) is 4.40. The van der Waals surface area contributed by atoms with Gasteiger partial charge in [0.15, 0.2) is 5.16 Å². The topological polar surface area (TPSA) is 52.2 Å². The van der Waals surface area contributed by atoms with Crippen molar-refractivity contribution in [3.8, 4) is 5.69 Å². The lowest BCUT2D eigenvalue weighted by molar-refractivity contribution is 0.218. The molecule has 5 nitrogen and oxygen atoms in total. The zero-order valence-corrected chi connectivity index (χ0v) is 23.9. The molecule has 0 saturated heterocycles. The maximum absolute atomic E-state index is 14.1. The van der Waals surface area contributed by atoms with Crippen molar-refractivity contribution in [2.75, 3.05) is 0 Å². The zero-order chi connectivity index (χ0) is 25.9. The summed E-state index contributed by atoms with van der Waals surface area (Å²) in [6, 6.07) is 15.4. The van der Waals surface area contributed by atoms with Crippen molar-refractivity contribution in [2.24, 2.45) is 11.3 Å². The number of hydrogen-bond acceptors (Lipinski definition) is 5. The van der Waals surface area contributed by atoms with Gasteiger partial charge in [-0.2, -0.15) is 0 Å². The summed E-state index contributed by atoms with van der Waals surface area (Å²) in [4.78, 5) is 16.3. The average molecular weight is 570 g/mol. The first-order valence-corrected chi connectivity index (χ1v) is 14.8. The van der Waals surface area contributed by atoms with Crippen molar-refractivity contribution in [3.05, 3.63) is 84.9 Å². The summed E-state index contributed by atoms with van der Waals surface area (Å²) in [6.45, 7) is 6.94. The highest BCUT2D eigenvalue weighted by Crippen LogP contribution is 2.43. The van der Waals surface area contributed by atoms with E-state index in [4.69, 9.17) is 23.2 Å². The van der Waals surface area contributed by atoms with Gasteiger partial charge >= 0.3 is 0 Å². The molecule has 1 aliphatic rings. The maximum atomic E-state index is 14.1. The smallest absolute Gasteiger partial charge is 0.268 e. The molecule has 3 aromatic heterocycles. The van der Waals surface area contributed by atoms with Crippen LogP contribution in [-0.4, -0.2) is 19.2 Å². The number of thiophene rings is 1. The molecule has 0 amide bonds. The van der Waals surface area contributed by atoms with Gasteiger partial charge in [-0.25, -0.2) is 8.97 Å². The van der Waals surface area contributed by atoms with E-state index >= 15 is 0 Å². The Bertz CT molecular complexity index is 1700. The van der Waals surface area contributed by atoms with E-state index in [2.05, 4.69) is 35.4 Å². The summed E-state index contributed by atoms with van der Waals surface area (Å²) < 4.78 is 3.78. The Balaban J connectivity index is 1.54. The first kappa shape index (κ1) is 25.0. The fourth-order valence-corrected chi connectivity index (χ4v) is 7.83. The minimum atomic E-state index is -0.0196. The van der Waals surface area contributed by atoms with Crippen molar-refractivity contribution < 1.29 is 0 Å². The number of halogens is 2. The summed E-state index contributed by atoms with van der Waals surface area (Å²) in [5.41, 5.74) is 3.24. The van der Waals surface area contributed by atoms with Crippen molar-refractivity contribution >= 4 is 62.3 Å². The van der Waals surface area contributed by atoms with Crippen LogP contribution in [0.15, 0.2) is 58.5 Å². The number of thioether (sulfide) groups is 1. The SMILES string of the molecule is CC(C)(C)[C@@H]1CCc2c(sc3c2c(=O)n(-c2ccccc2)c2nnc(SCc4ccc(Cl)c(Cl)c4)n32)C1. The third-order valence-corrected chi connectivity index (χ3v) is 10.3. The molecule has 0 saturated carbocycles. The quantitative estimate of drug-likeness (QED) is 0.207. The summed E-state index contributed by atoms with van der Waals surface area (Å²) >= 11 is 15.7. The third-order valence-electron chi connectivity index (χ3n) is 7.27. The summed E-state index contributed by atoms with van der Waals surface area (Å²) in [5.74, 6) is 1.77. The van der Waals surface area contributed by atoms with E-state index < -0.39 is 0 Å². The Kier molecular flexibility index (Phi) is 6.38. The minimum Gasteiger partial charge on any atom is -0.268 e. The van der Waals surface area contributed by atoms with Crippen molar-refractivity contribution in [3.63, 3.8) is 0 Å². The molecule has 1 aliphatic carbocycles. The number of aryl methyl sites for hydroxylation is 1. The second kappa shape index (κ2) is 9.45. The fourth-order valence-electron chi connectivity index (χ4n) is 5.16. The predicted molar refractivity (Wildman–Crippen MR) is 155 cm³/mol. The van der Waals surface area contributed by atoms with E-state index in [0.717, 1.165) is 45.9 Å². The van der Waals surface area contributed by atoms with E-state index in [1.165, 1.54) is 10.4 Å². The van der Waals surface area contributed by atoms with Gasteiger partial charge in [0.2, 0.25) is 5.78 Å². The van der Waals surface area contributed by atoms with Crippen molar-refractivity contribution in [2.45, 2.75) is 50.9 Å². The predicted octanol–water partition coefficient (Wildman–Crippen LogP) is 7.85. The summed E-state index contributed by atoms with van der Waals surface area (Å²) in [5, 5.41) is 11.7. The van der Waals surface area contributed by atoms with Crippen molar-refractivity contribution in [1.29, 1.82) is 0 Å². The van der Waals surface area contributed by atoms with Gasteiger partial charge in [-0.15, -0.1) is 21.5 Å². The van der Waals surface area contributed by atoms with E-state index in [1.54, 1.807) is 27.7 Å². The molecule has 3 heterocycles.